The molecule has 2 heterocycles. The van der Waals surface area contributed by atoms with E-state index in [1.165, 1.54) is 5.56 Å². The molecular weight excluding hydrogens is 328 g/mol. The van der Waals surface area contributed by atoms with Gasteiger partial charge in [0.05, 0.1) is 0 Å². The van der Waals surface area contributed by atoms with Gasteiger partial charge in [0.2, 0.25) is 0 Å². The number of likely N-dealkylation sites (N-methyl/N-ethyl adjacent to an activating group) is 1. The number of halogens is 1. The molecule has 0 spiro atoms. The summed E-state index contributed by atoms with van der Waals surface area (Å²) in [5.74, 6) is 0.782. The number of piperazine rings is 1. The largest absolute Gasteiger partial charge is 0.304 e. The second-order valence-corrected chi connectivity index (χ2v) is 6.42. The van der Waals surface area contributed by atoms with Crippen molar-refractivity contribution in [3.05, 3.63) is 46.7 Å². The highest BCUT2D eigenvalue weighted by molar-refractivity contribution is 9.10. The van der Waals surface area contributed by atoms with Crippen LogP contribution in [-0.2, 0) is 6.54 Å². The Bertz CT molecular complexity index is 574. The van der Waals surface area contributed by atoms with Crippen molar-refractivity contribution in [1.82, 2.24) is 19.8 Å². The lowest BCUT2D eigenvalue weighted by atomic mass is 10.2. The van der Waals surface area contributed by atoms with Crippen LogP contribution in [0.15, 0.2) is 41.1 Å². The molecule has 1 aromatic heterocycles. The van der Waals surface area contributed by atoms with Crippen molar-refractivity contribution in [3.8, 4) is 11.4 Å². The summed E-state index contributed by atoms with van der Waals surface area (Å²) in [6.07, 6.45) is 3.89. The second-order valence-electron chi connectivity index (χ2n) is 5.50. The minimum absolute atomic E-state index is 0.782. The quantitative estimate of drug-likeness (QED) is 0.855. The van der Waals surface area contributed by atoms with Gasteiger partial charge in [0, 0.05) is 60.7 Å². The van der Waals surface area contributed by atoms with Gasteiger partial charge in [-0.05, 0) is 19.2 Å². The highest BCUT2D eigenvalue weighted by atomic mass is 79.9. The van der Waals surface area contributed by atoms with Crippen molar-refractivity contribution < 1.29 is 0 Å². The topological polar surface area (TPSA) is 32.3 Å². The van der Waals surface area contributed by atoms with Crippen molar-refractivity contribution in [2.45, 2.75) is 6.54 Å². The summed E-state index contributed by atoms with van der Waals surface area (Å²) in [6, 6.07) is 8.08. The number of aromatic nitrogens is 2. The molecule has 1 saturated heterocycles. The van der Waals surface area contributed by atoms with Crippen molar-refractivity contribution in [2.24, 2.45) is 0 Å². The summed E-state index contributed by atoms with van der Waals surface area (Å²) in [5.41, 5.74) is 2.23. The Morgan fingerprint density at radius 1 is 1.00 bits per heavy atom. The molecule has 0 bridgehead atoms. The van der Waals surface area contributed by atoms with Crippen LogP contribution in [-0.4, -0.2) is 53.0 Å². The van der Waals surface area contributed by atoms with Gasteiger partial charge in [-0.2, -0.15) is 0 Å². The van der Waals surface area contributed by atoms with Gasteiger partial charge in [-0.15, -0.1) is 0 Å². The van der Waals surface area contributed by atoms with E-state index in [9.17, 15) is 0 Å². The van der Waals surface area contributed by atoms with Crippen molar-refractivity contribution in [3.63, 3.8) is 0 Å². The van der Waals surface area contributed by atoms with Crippen LogP contribution in [0.25, 0.3) is 11.4 Å². The Balaban J connectivity index is 1.65. The molecule has 0 N–H and O–H groups in total. The van der Waals surface area contributed by atoms with Gasteiger partial charge in [-0.3, -0.25) is 4.90 Å². The lowest BCUT2D eigenvalue weighted by molar-refractivity contribution is 0.148. The van der Waals surface area contributed by atoms with Gasteiger partial charge in [0.25, 0.3) is 0 Å². The fourth-order valence-corrected chi connectivity index (χ4v) is 2.71. The van der Waals surface area contributed by atoms with E-state index >= 15 is 0 Å². The molecule has 2 aromatic rings. The third-order valence-corrected chi connectivity index (χ3v) is 4.34. The predicted octanol–water partition coefficient (Wildman–Crippen LogP) is 2.65. The molecule has 110 valence electrons. The summed E-state index contributed by atoms with van der Waals surface area (Å²) in [7, 11) is 2.17. The molecule has 0 atom stereocenters. The maximum absolute atomic E-state index is 4.50. The Kier molecular flexibility index (Phi) is 4.63. The molecular formula is C16H19BrN4. The Morgan fingerprint density at radius 3 is 2.24 bits per heavy atom. The molecule has 1 aliphatic rings. The van der Waals surface area contributed by atoms with E-state index in [4.69, 9.17) is 0 Å². The first kappa shape index (κ1) is 14.6. The molecule has 0 radical (unpaired) electrons. The highest BCUT2D eigenvalue weighted by Crippen LogP contribution is 2.18. The Labute approximate surface area is 133 Å². The molecule has 21 heavy (non-hydrogen) atoms. The molecule has 0 saturated carbocycles. The monoisotopic (exact) mass is 346 g/mol. The van der Waals surface area contributed by atoms with Crippen LogP contribution < -0.4 is 0 Å². The van der Waals surface area contributed by atoms with Crippen molar-refractivity contribution in [1.29, 1.82) is 0 Å². The van der Waals surface area contributed by atoms with Gasteiger partial charge in [0.1, 0.15) is 0 Å². The number of benzene rings is 1. The van der Waals surface area contributed by atoms with Crippen LogP contribution in [0, 0.1) is 0 Å². The maximum atomic E-state index is 4.50. The summed E-state index contributed by atoms with van der Waals surface area (Å²) in [6.45, 7) is 5.44. The van der Waals surface area contributed by atoms with Gasteiger partial charge in [0.15, 0.2) is 5.82 Å². The van der Waals surface area contributed by atoms with E-state index in [2.05, 4.69) is 42.7 Å². The molecule has 0 amide bonds. The van der Waals surface area contributed by atoms with Crippen molar-refractivity contribution in [2.75, 3.05) is 33.2 Å². The molecule has 1 aromatic carbocycles. The third-order valence-electron chi connectivity index (χ3n) is 3.81. The van der Waals surface area contributed by atoms with Crippen molar-refractivity contribution >= 4 is 15.9 Å². The van der Waals surface area contributed by atoms with Crippen LogP contribution in [0.5, 0.6) is 0 Å². The smallest absolute Gasteiger partial charge is 0.159 e. The lowest BCUT2D eigenvalue weighted by Crippen LogP contribution is -2.43. The van der Waals surface area contributed by atoms with Crippen LogP contribution in [0.3, 0.4) is 0 Å². The minimum atomic E-state index is 0.782. The average molecular weight is 347 g/mol. The van der Waals surface area contributed by atoms with Gasteiger partial charge in [-0.1, -0.05) is 28.1 Å². The highest BCUT2D eigenvalue weighted by Gasteiger charge is 2.14. The van der Waals surface area contributed by atoms with Crippen LogP contribution in [0.2, 0.25) is 0 Å². The van der Waals surface area contributed by atoms with Gasteiger partial charge >= 0.3 is 0 Å². The molecule has 1 fully saturated rings. The zero-order valence-corrected chi connectivity index (χ0v) is 13.8. The fourth-order valence-electron chi connectivity index (χ4n) is 2.45. The molecule has 0 aliphatic carbocycles. The first-order chi connectivity index (χ1) is 10.2. The summed E-state index contributed by atoms with van der Waals surface area (Å²) >= 11 is 3.44. The number of hydrogen-bond donors (Lipinski definition) is 0. The predicted molar refractivity (Wildman–Crippen MR) is 87.9 cm³/mol. The van der Waals surface area contributed by atoms with Gasteiger partial charge in [-0.25, -0.2) is 9.97 Å². The Hall–Kier alpha value is -1.30. The third kappa shape index (κ3) is 3.87. The zero-order valence-electron chi connectivity index (χ0n) is 12.2. The number of rotatable bonds is 3. The average Bonchev–Trinajstić information content (AvgIpc) is 2.51. The normalized spacial score (nSPS) is 17.0. The van der Waals surface area contributed by atoms with E-state index < -0.39 is 0 Å². The SMILES string of the molecule is CN1CCN(Cc2cnc(-c3ccc(Br)cc3)nc2)CC1. The maximum Gasteiger partial charge on any atom is 0.159 e. The Morgan fingerprint density at radius 2 is 1.62 bits per heavy atom. The number of nitrogens with zero attached hydrogens (tertiary/aromatic N) is 4. The second kappa shape index (κ2) is 6.64. The molecule has 1 aliphatic heterocycles. The summed E-state index contributed by atoms with van der Waals surface area (Å²) in [5, 5.41) is 0. The molecule has 4 nitrogen and oxygen atoms in total. The summed E-state index contributed by atoms with van der Waals surface area (Å²) < 4.78 is 1.07. The van der Waals surface area contributed by atoms with E-state index in [0.29, 0.717) is 0 Å². The summed E-state index contributed by atoms with van der Waals surface area (Å²) in [4.78, 5) is 13.8. The first-order valence-corrected chi connectivity index (χ1v) is 7.98. The van der Waals surface area contributed by atoms with Crippen LogP contribution in [0.1, 0.15) is 5.56 Å². The zero-order chi connectivity index (χ0) is 14.7. The van der Waals surface area contributed by atoms with E-state index in [1.54, 1.807) is 0 Å². The molecule has 5 heteroatoms. The minimum Gasteiger partial charge on any atom is -0.304 e. The van der Waals surface area contributed by atoms with E-state index in [0.717, 1.165) is 48.6 Å². The standard InChI is InChI=1S/C16H19BrN4/c1-20-6-8-21(9-7-20)12-13-10-18-16(19-11-13)14-2-4-15(17)5-3-14/h2-5,10-11H,6-9,12H2,1H3. The molecule has 3 rings (SSSR count). The fraction of sp³-hybridized carbons (Fsp3) is 0.375. The first-order valence-electron chi connectivity index (χ1n) is 7.18. The van der Waals surface area contributed by atoms with Gasteiger partial charge < -0.3 is 4.90 Å². The van der Waals surface area contributed by atoms with Crippen LogP contribution in [0.4, 0.5) is 0 Å². The van der Waals surface area contributed by atoms with E-state index in [1.807, 2.05) is 36.7 Å². The number of hydrogen-bond acceptors (Lipinski definition) is 4. The lowest BCUT2D eigenvalue weighted by Gasteiger charge is -2.32. The molecule has 0 unspecified atom stereocenters. The van der Waals surface area contributed by atoms with Crippen LogP contribution >= 0.6 is 15.9 Å². The van der Waals surface area contributed by atoms with E-state index in [-0.39, 0.29) is 0 Å².